The average Bonchev–Trinajstić information content (AvgIpc) is 3.41. The molecule has 0 aliphatic rings. The van der Waals surface area contributed by atoms with Gasteiger partial charge in [0.25, 0.3) is 5.56 Å². The fraction of sp³-hybridized carbons (Fsp3) is 0.0909. The van der Waals surface area contributed by atoms with Crippen molar-refractivity contribution in [2.75, 3.05) is 5.32 Å². The highest BCUT2D eigenvalue weighted by atomic mass is 32.1. The highest BCUT2D eigenvalue weighted by molar-refractivity contribution is 7.21. The molecular weight excluding hydrogens is 416 g/mol. The van der Waals surface area contributed by atoms with Crippen LogP contribution >= 0.6 is 22.7 Å². The van der Waals surface area contributed by atoms with Crippen LogP contribution < -0.4 is 10.9 Å². The number of carbonyl (C=O) groups is 1. The molecule has 5 rings (SSSR count). The van der Waals surface area contributed by atoms with E-state index in [-0.39, 0.29) is 24.4 Å². The summed E-state index contributed by atoms with van der Waals surface area (Å²) in [6.07, 6.45) is 1.69. The molecule has 148 valence electrons. The highest BCUT2D eigenvalue weighted by Gasteiger charge is 2.09. The van der Waals surface area contributed by atoms with Crippen LogP contribution in [0.25, 0.3) is 31.0 Å². The molecule has 0 fully saturated rings. The van der Waals surface area contributed by atoms with Gasteiger partial charge in [0, 0.05) is 24.2 Å². The number of aromatic nitrogens is 3. The normalized spacial score (nSPS) is 11.2. The van der Waals surface area contributed by atoms with Crippen molar-refractivity contribution in [1.29, 1.82) is 0 Å². The van der Waals surface area contributed by atoms with Gasteiger partial charge in [-0.3, -0.25) is 14.2 Å². The number of aryl methyl sites for hydroxylation is 1. The van der Waals surface area contributed by atoms with Gasteiger partial charge in [0.15, 0.2) is 0 Å². The number of anilines is 1. The van der Waals surface area contributed by atoms with Crippen molar-refractivity contribution >= 4 is 54.7 Å². The van der Waals surface area contributed by atoms with E-state index in [0.717, 1.165) is 20.8 Å². The molecule has 0 unspecified atom stereocenters. The Morgan fingerprint density at radius 2 is 1.90 bits per heavy atom. The van der Waals surface area contributed by atoms with Crippen molar-refractivity contribution in [2.45, 2.75) is 13.0 Å². The van der Waals surface area contributed by atoms with Gasteiger partial charge in [-0.05, 0) is 47.8 Å². The molecule has 0 bridgehead atoms. The fourth-order valence-corrected chi connectivity index (χ4v) is 4.88. The fourth-order valence-electron chi connectivity index (χ4n) is 3.19. The number of fused-ring (bicyclic) bond motifs is 2. The van der Waals surface area contributed by atoms with Crippen LogP contribution in [0.15, 0.2) is 71.1 Å². The van der Waals surface area contributed by atoms with Crippen LogP contribution in [-0.2, 0) is 11.3 Å². The Kier molecular flexibility index (Phi) is 4.86. The molecule has 0 spiro atoms. The lowest BCUT2D eigenvalue weighted by atomic mass is 10.2. The Hall–Kier alpha value is -3.36. The maximum atomic E-state index is 12.4. The maximum absolute atomic E-state index is 12.4. The minimum Gasteiger partial charge on any atom is -0.326 e. The van der Waals surface area contributed by atoms with Gasteiger partial charge in [-0.25, -0.2) is 9.97 Å². The number of nitrogens with zero attached hydrogens (tertiary/aromatic N) is 3. The third kappa shape index (κ3) is 3.62. The average molecular weight is 433 g/mol. The van der Waals surface area contributed by atoms with Gasteiger partial charge < -0.3 is 5.32 Å². The van der Waals surface area contributed by atoms with E-state index >= 15 is 0 Å². The molecule has 0 aliphatic carbocycles. The molecule has 3 heterocycles. The van der Waals surface area contributed by atoms with Crippen LogP contribution in [0.4, 0.5) is 5.69 Å². The van der Waals surface area contributed by atoms with Crippen LogP contribution in [0.5, 0.6) is 0 Å². The first-order chi connectivity index (χ1) is 14.7. The number of amides is 1. The second kappa shape index (κ2) is 7.81. The summed E-state index contributed by atoms with van der Waals surface area (Å²) in [7, 11) is 0. The summed E-state index contributed by atoms with van der Waals surface area (Å²) >= 11 is 3.07. The number of rotatable bonds is 5. The SMILES string of the molecule is O=C(CCn1cnc2sccc2c1=O)Nc1ccc(-c2nc3ccccc3s2)cc1. The van der Waals surface area contributed by atoms with E-state index in [2.05, 4.69) is 21.4 Å². The van der Waals surface area contributed by atoms with Crippen molar-refractivity contribution in [3.63, 3.8) is 0 Å². The molecule has 0 saturated carbocycles. The van der Waals surface area contributed by atoms with Gasteiger partial charge in [-0.2, -0.15) is 0 Å². The molecule has 6 nitrogen and oxygen atoms in total. The van der Waals surface area contributed by atoms with Gasteiger partial charge in [-0.15, -0.1) is 22.7 Å². The molecule has 3 aromatic heterocycles. The molecule has 0 radical (unpaired) electrons. The van der Waals surface area contributed by atoms with E-state index < -0.39 is 0 Å². The summed E-state index contributed by atoms with van der Waals surface area (Å²) < 4.78 is 2.63. The molecule has 5 aromatic rings. The van der Waals surface area contributed by atoms with E-state index in [1.165, 1.54) is 22.2 Å². The lowest BCUT2D eigenvalue weighted by Crippen LogP contribution is -2.23. The van der Waals surface area contributed by atoms with Crippen LogP contribution in [-0.4, -0.2) is 20.4 Å². The molecule has 0 atom stereocenters. The zero-order chi connectivity index (χ0) is 20.5. The number of thiophene rings is 1. The second-order valence-corrected chi connectivity index (χ2v) is 8.67. The molecule has 30 heavy (non-hydrogen) atoms. The Labute approximate surface area is 179 Å². The molecular formula is C22H16N4O2S2. The molecule has 1 N–H and O–H groups in total. The van der Waals surface area contributed by atoms with Crippen molar-refractivity contribution in [1.82, 2.24) is 14.5 Å². The van der Waals surface area contributed by atoms with Gasteiger partial charge in [0.2, 0.25) is 5.91 Å². The first kappa shape index (κ1) is 18.7. The molecule has 0 aliphatic heterocycles. The van der Waals surface area contributed by atoms with Gasteiger partial charge in [-0.1, -0.05) is 12.1 Å². The summed E-state index contributed by atoms with van der Waals surface area (Å²) in [6, 6.07) is 17.4. The van der Waals surface area contributed by atoms with E-state index in [1.54, 1.807) is 17.4 Å². The number of nitrogens with one attached hydrogen (secondary N) is 1. The standard InChI is InChI=1S/C22H16N4O2S2/c27-19(9-11-26-13-23-21-16(22(26)28)10-12-29-21)24-15-7-5-14(6-8-15)20-25-17-3-1-2-4-18(17)30-20/h1-8,10,12-13H,9,11H2,(H,24,27). The monoisotopic (exact) mass is 432 g/mol. The van der Waals surface area contributed by atoms with Gasteiger partial charge >= 0.3 is 0 Å². The third-order valence-corrected chi connectivity index (χ3v) is 6.65. The first-order valence-corrected chi connectivity index (χ1v) is 11.1. The number of hydrogen-bond donors (Lipinski definition) is 1. The lowest BCUT2D eigenvalue weighted by Gasteiger charge is -2.07. The summed E-state index contributed by atoms with van der Waals surface area (Å²) in [6.45, 7) is 0.285. The lowest BCUT2D eigenvalue weighted by molar-refractivity contribution is -0.116. The maximum Gasteiger partial charge on any atom is 0.262 e. The molecule has 1 amide bonds. The molecule has 0 saturated heterocycles. The smallest absolute Gasteiger partial charge is 0.262 e. The van der Waals surface area contributed by atoms with Crippen molar-refractivity contribution in [3.8, 4) is 10.6 Å². The Morgan fingerprint density at radius 3 is 2.73 bits per heavy atom. The van der Waals surface area contributed by atoms with E-state index in [4.69, 9.17) is 0 Å². The van der Waals surface area contributed by atoms with Gasteiger partial charge in [0.05, 0.1) is 21.9 Å². The third-order valence-electron chi connectivity index (χ3n) is 4.74. The van der Waals surface area contributed by atoms with Crippen molar-refractivity contribution in [2.24, 2.45) is 0 Å². The summed E-state index contributed by atoms with van der Waals surface area (Å²) in [5, 5.41) is 6.26. The Bertz CT molecular complexity index is 1380. The van der Waals surface area contributed by atoms with Crippen LogP contribution in [0.3, 0.4) is 0 Å². The number of hydrogen-bond acceptors (Lipinski definition) is 6. The summed E-state index contributed by atoms with van der Waals surface area (Å²) in [5.74, 6) is -0.153. The Morgan fingerprint density at radius 1 is 1.07 bits per heavy atom. The van der Waals surface area contributed by atoms with Crippen molar-refractivity contribution in [3.05, 3.63) is 76.7 Å². The number of carbonyl (C=O) groups excluding carboxylic acids is 1. The quantitative estimate of drug-likeness (QED) is 0.434. The zero-order valence-electron chi connectivity index (χ0n) is 15.7. The van der Waals surface area contributed by atoms with E-state index in [9.17, 15) is 9.59 Å². The van der Waals surface area contributed by atoms with Gasteiger partial charge in [0.1, 0.15) is 9.84 Å². The molecule has 8 heteroatoms. The zero-order valence-corrected chi connectivity index (χ0v) is 17.4. The molecule has 2 aromatic carbocycles. The highest BCUT2D eigenvalue weighted by Crippen LogP contribution is 2.30. The number of benzene rings is 2. The predicted octanol–water partition coefficient (Wildman–Crippen LogP) is 4.76. The van der Waals surface area contributed by atoms with E-state index in [0.29, 0.717) is 15.9 Å². The van der Waals surface area contributed by atoms with E-state index in [1.807, 2.05) is 47.8 Å². The van der Waals surface area contributed by atoms with Crippen molar-refractivity contribution < 1.29 is 4.79 Å². The van der Waals surface area contributed by atoms with Crippen LogP contribution in [0.1, 0.15) is 6.42 Å². The Balaban J connectivity index is 1.24. The van der Waals surface area contributed by atoms with Crippen LogP contribution in [0.2, 0.25) is 0 Å². The minimum absolute atomic E-state index is 0.116. The second-order valence-electron chi connectivity index (χ2n) is 6.74. The summed E-state index contributed by atoms with van der Waals surface area (Å²) in [4.78, 5) is 34.4. The summed E-state index contributed by atoms with van der Waals surface area (Å²) in [5.41, 5.74) is 2.59. The minimum atomic E-state index is -0.153. The topological polar surface area (TPSA) is 76.9 Å². The number of thiazole rings is 1. The first-order valence-electron chi connectivity index (χ1n) is 9.36. The number of para-hydroxylation sites is 1. The largest absolute Gasteiger partial charge is 0.326 e. The predicted molar refractivity (Wildman–Crippen MR) is 122 cm³/mol. The van der Waals surface area contributed by atoms with Crippen LogP contribution in [0, 0.1) is 0 Å².